The molecule has 3 rings (SSSR count). The molecule has 0 spiro atoms. The molecular weight excluding hydrogens is 342 g/mol. The van der Waals surface area contributed by atoms with Crippen LogP contribution in [0.5, 0.6) is 11.5 Å². The third-order valence-electron chi connectivity index (χ3n) is 4.10. The van der Waals surface area contributed by atoms with Crippen LogP contribution < -0.4 is 15.2 Å². The van der Waals surface area contributed by atoms with Crippen LogP contribution in [0, 0.1) is 0 Å². The van der Waals surface area contributed by atoms with Crippen molar-refractivity contribution >= 4 is 24.6 Å². The number of rotatable bonds is 7. The van der Waals surface area contributed by atoms with Gasteiger partial charge in [-0.3, -0.25) is 0 Å². The van der Waals surface area contributed by atoms with Gasteiger partial charge in [0.05, 0.1) is 12.6 Å². The molecule has 7 heteroatoms. The van der Waals surface area contributed by atoms with Crippen molar-refractivity contribution in [2.45, 2.75) is 24.8 Å². The molecule has 1 aromatic heterocycles. The molecule has 0 bridgehead atoms. The van der Waals surface area contributed by atoms with Gasteiger partial charge in [-0.25, -0.2) is 0 Å². The van der Waals surface area contributed by atoms with Gasteiger partial charge in [-0.15, -0.1) is 12.4 Å². The summed E-state index contributed by atoms with van der Waals surface area (Å²) in [5, 5.41) is 3.99. The average molecular weight is 364 g/mol. The van der Waals surface area contributed by atoms with Gasteiger partial charge in [0.15, 0.2) is 17.3 Å². The van der Waals surface area contributed by atoms with Gasteiger partial charge in [0.2, 0.25) is 0 Å². The summed E-state index contributed by atoms with van der Waals surface area (Å²) in [6, 6.07) is 5.65. The lowest BCUT2D eigenvalue weighted by Crippen LogP contribution is -2.44. The van der Waals surface area contributed by atoms with Gasteiger partial charge >= 0.3 is 0 Å². The SMILES string of the molecule is C=CCOc1ccc(/C=C/c2nc(C3(N)CCC3)no2)cc1OC.Cl. The van der Waals surface area contributed by atoms with Crippen molar-refractivity contribution in [2.24, 2.45) is 5.73 Å². The first kappa shape index (κ1) is 19.0. The Labute approximate surface area is 153 Å². The Morgan fingerprint density at radius 3 is 2.76 bits per heavy atom. The minimum Gasteiger partial charge on any atom is -0.493 e. The molecule has 0 radical (unpaired) electrons. The van der Waals surface area contributed by atoms with Crippen LogP contribution in [0.1, 0.15) is 36.5 Å². The smallest absolute Gasteiger partial charge is 0.250 e. The minimum absolute atomic E-state index is 0. The Morgan fingerprint density at radius 1 is 1.32 bits per heavy atom. The van der Waals surface area contributed by atoms with E-state index in [1.54, 1.807) is 19.3 Å². The van der Waals surface area contributed by atoms with Crippen molar-refractivity contribution in [3.05, 3.63) is 48.1 Å². The molecule has 0 amide bonds. The van der Waals surface area contributed by atoms with Gasteiger partial charge in [-0.05, 0) is 43.0 Å². The summed E-state index contributed by atoms with van der Waals surface area (Å²) in [6.45, 7) is 4.06. The summed E-state index contributed by atoms with van der Waals surface area (Å²) >= 11 is 0. The first-order chi connectivity index (χ1) is 11.6. The van der Waals surface area contributed by atoms with Crippen LogP contribution in [0.25, 0.3) is 12.2 Å². The molecule has 134 valence electrons. The Kier molecular flexibility index (Phi) is 6.22. The van der Waals surface area contributed by atoms with E-state index in [0.29, 0.717) is 29.8 Å². The van der Waals surface area contributed by atoms with Crippen LogP contribution in [0.4, 0.5) is 0 Å². The average Bonchev–Trinajstić information content (AvgIpc) is 3.05. The van der Waals surface area contributed by atoms with Crippen LogP contribution >= 0.6 is 12.4 Å². The number of hydrogen-bond donors (Lipinski definition) is 1. The van der Waals surface area contributed by atoms with E-state index < -0.39 is 5.54 Å². The van der Waals surface area contributed by atoms with Crippen molar-refractivity contribution in [1.29, 1.82) is 0 Å². The third-order valence-corrected chi connectivity index (χ3v) is 4.10. The minimum atomic E-state index is -0.414. The molecule has 2 N–H and O–H groups in total. The predicted molar refractivity (Wildman–Crippen MR) is 98.9 cm³/mol. The maximum Gasteiger partial charge on any atom is 0.250 e. The Balaban J connectivity index is 0.00000225. The van der Waals surface area contributed by atoms with Crippen molar-refractivity contribution in [1.82, 2.24) is 10.1 Å². The number of benzene rings is 1. The van der Waals surface area contributed by atoms with Crippen LogP contribution in [0.15, 0.2) is 35.4 Å². The molecule has 1 fully saturated rings. The highest BCUT2D eigenvalue weighted by atomic mass is 35.5. The van der Waals surface area contributed by atoms with Gasteiger partial charge in [0.25, 0.3) is 5.89 Å². The second-order valence-electron chi connectivity index (χ2n) is 5.81. The van der Waals surface area contributed by atoms with Crippen LogP contribution in [0.2, 0.25) is 0 Å². The molecule has 0 saturated heterocycles. The quantitative estimate of drug-likeness (QED) is 0.757. The summed E-state index contributed by atoms with van der Waals surface area (Å²) in [7, 11) is 1.60. The van der Waals surface area contributed by atoms with Crippen molar-refractivity contribution in [3.63, 3.8) is 0 Å². The van der Waals surface area contributed by atoms with E-state index in [4.69, 9.17) is 19.7 Å². The lowest BCUT2D eigenvalue weighted by molar-refractivity contribution is 0.229. The van der Waals surface area contributed by atoms with E-state index in [9.17, 15) is 0 Å². The van der Waals surface area contributed by atoms with E-state index in [1.807, 2.05) is 24.3 Å². The van der Waals surface area contributed by atoms with Crippen molar-refractivity contribution in [3.8, 4) is 11.5 Å². The highest BCUT2D eigenvalue weighted by Gasteiger charge is 2.38. The van der Waals surface area contributed by atoms with Crippen molar-refractivity contribution in [2.75, 3.05) is 13.7 Å². The summed E-state index contributed by atoms with van der Waals surface area (Å²) in [4.78, 5) is 4.36. The topological polar surface area (TPSA) is 83.4 Å². The van der Waals surface area contributed by atoms with E-state index in [1.165, 1.54) is 0 Å². The Morgan fingerprint density at radius 2 is 2.12 bits per heavy atom. The molecule has 2 aromatic rings. The lowest BCUT2D eigenvalue weighted by atomic mass is 9.77. The van der Waals surface area contributed by atoms with Gasteiger partial charge in [-0.2, -0.15) is 4.98 Å². The fourth-order valence-electron chi connectivity index (χ4n) is 2.51. The van der Waals surface area contributed by atoms with Crippen molar-refractivity contribution < 1.29 is 14.0 Å². The number of methoxy groups -OCH3 is 1. The summed E-state index contributed by atoms with van der Waals surface area (Å²) in [5.74, 6) is 2.34. The van der Waals surface area contributed by atoms with Gasteiger partial charge in [-0.1, -0.05) is 23.9 Å². The largest absolute Gasteiger partial charge is 0.493 e. The molecule has 1 aliphatic carbocycles. The fraction of sp³-hybridized carbons (Fsp3) is 0.333. The monoisotopic (exact) mass is 363 g/mol. The lowest BCUT2D eigenvalue weighted by Gasteiger charge is -2.34. The van der Waals surface area contributed by atoms with Gasteiger partial charge in [0.1, 0.15) is 6.61 Å². The summed E-state index contributed by atoms with van der Waals surface area (Å²) in [6.07, 6.45) is 8.24. The molecule has 1 aromatic carbocycles. The van der Waals surface area contributed by atoms with Crippen LogP contribution in [0.3, 0.4) is 0 Å². The molecular formula is C18H22ClN3O3. The number of nitrogens with two attached hydrogens (primary N) is 1. The molecule has 25 heavy (non-hydrogen) atoms. The van der Waals surface area contributed by atoms with Crippen LogP contribution in [-0.4, -0.2) is 23.9 Å². The Hall–Kier alpha value is -2.31. The first-order valence-electron chi connectivity index (χ1n) is 7.87. The molecule has 0 aliphatic heterocycles. The molecule has 1 aliphatic rings. The number of halogens is 1. The van der Waals surface area contributed by atoms with E-state index >= 15 is 0 Å². The van der Waals surface area contributed by atoms with E-state index in [0.717, 1.165) is 24.8 Å². The fourth-order valence-corrected chi connectivity index (χ4v) is 2.51. The highest BCUT2D eigenvalue weighted by Crippen LogP contribution is 2.37. The maximum atomic E-state index is 6.19. The predicted octanol–water partition coefficient (Wildman–Crippen LogP) is 3.57. The van der Waals surface area contributed by atoms with Gasteiger partial charge in [0, 0.05) is 6.08 Å². The van der Waals surface area contributed by atoms with Crippen LogP contribution in [-0.2, 0) is 5.54 Å². The third kappa shape index (κ3) is 4.21. The maximum absolute atomic E-state index is 6.19. The number of ether oxygens (including phenoxy) is 2. The van der Waals surface area contributed by atoms with Gasteiger partial charge < -0.3 is 19.7 Å². The normalized spacial score (nSPS) is 15.3. The summed E-state index contributed by atoms with van der Waals surface area (Å²) < 4.78 is 16.1. The zero-order valence-corrected chi connectivity index (χ0v) is 14.9. The zero-order chi connectivity index (χ0) is 17.0. The highest BCUT2D eigenvalue weighted by molar-refractivity contribution is 5.85. The molecule has 1 saturated carbocycles. The molecule has 6 nitrogen and oxygen atoms in total. The number of aromatic nitrogens is 2. The first-order valence-corrected chi connectivity index (χ1v) is 7.87. The second-order valence-corrected chi connectivity index (χ2v) is 5.81. The summed E-state index contributed by atoms with van der Waals surface area (Å²) in [5.41, 5.74) is 6.71. The molecule has 0 unspecified atom stereocenters. The molecule has 0 atom stereocenters. The Bertz CT molecular complexity index is 754. The number of nitrogens with zero attached hydrogens (tertiary/aromatic N) is 2. The number of hydrogen-bond acceptors (Lipinski definition) is 6. The standard InChI is InChI=1S/C18H21N3O3.ClH/c1-3-11-23-14-7-5-13(12-15(14)22-2)6-8-16-20-17(21-24-16)18(19)9-4-10-18;/h3,5-8,12H,1,4,9-11,19H2,2H3;1H/b8-6+;. The second kappa shape index (κ2) is 8.18. The molecule has 1 heterocycles. The van der Waals surface area contributed by atoms with E-state index in [2.05, 4.69) is 16.7 Å². The van der Waals surface area contributed by atoms with E-state index in [-0.39, 0.29) is 12.4 Å². The zero-order valence-electron chi connectivity index (χ0n) is 14.1.